The molecule has 0 saturated heterocycles. The summed E-state index contributed by atoms with van der Waals surface area (Å²) < 4.78 is 0. The number of carbonyl (C=O) groups is 4. The molecule has 134 valence electrons. The lowest BCUT2D eigenvalue weighted by Crippen LogP contribution is -2.31. The van der Waals surface area contributed by atoms with Crippen LogP contribution in [0.4, 0.5) is 0 Å². The highest BCUT2D eigenvalue weighted by Crippen LogP contribution is 2.34. The van der Waals surface area contributed by atoms with Crippen molar-refractivity contribution in [3.63, 3.8) is 0 Å². The van der Waals surface area contributed by atoms with Gasteiger partial charge in [0.25, 0.3) is 0 Å². The van der Waals surface area contributed by atoms with Crippen LogP contribution in [-0.4, -0.2) is 23.1 Å². The first-order valence-corrected chi connectivity index (χ1v) is 8.71. The molecule has 2 aliphatic carbocycles. The maximum atomic E-state index is 12.1. The zero-order valence-electron chi connectivity index (χ0n) is 15.5. The molecule has 0 aromatic carbocycles. The van der Waals surface area contributed by atoms with Crippen LogP contribution in [-0.2, 0) is 19.2 Å². The number of ketones is 4. The fourth-order valence-electron chi connectivity index (χ4n) is 3.40. The second-order valence-corrected chi connectivity index (χ2v) is 8.59. The van der Waals surface area contributed by atoms with E-state index >= 15 is 0 Å². The normalized spacial score (nSPS) is 23.4. The number of allylic oxidation sites excluding steroid dienone is 6. The molecule has 0 atom stereocenters. The monoisotopic (exact) mass is 342 g/mol. The van der Waals surface area contributed by atoms with E-state index in [1.54, 1.807) is 24.3 Å². The van der Waals surface area contributed by atoms with Crippen LogP contribution < -0.4 is 0 Å². The van der Waals surface area contributed by atoms with E-state index in [1.165, 1.54) is 0 Å². The highest BCUT2D eigenvalue weighted by Gasteiger charge is 2.36. The summed E-state index contributed by atoms with van der Waals surface area (Å²) in [7, 11) is 0. The first-order valence-electron chi connectivity index (χ1n) is 8.71. The Labute approximate surface area is 149 Å². The molecule has 4 nitrogen and oxygen atoms in total. The molecule has 25 heavy (non-hydrogen) atoms. The summed E-state index contributed by atoms with van der Waals surface area (Å²) in [4.78, 5) is 48.2. The van der Waals surface area contributed by atoms with E-state index in [0.29, 0.717) is 32.1 Å². The van der Waals surface area contributed by atoms with Crippen LogP contribution in [0.5, 0.6) is 0 Å². The van der Waals surface area contributed by atoms with Crippen molar-refractivity contribution in [2.24, 2.45) is 10.8 Å². The highest BCUT2D eigenvalue weighted by molar-refractivity contribution is 6.22. The Morgan fingerprint density at radius 1 is 0.720 bits per heavy atom. The Bertz CT molecular complexity index is 670. The fraction of sp³-hybridized carbons (Fsp3) is 0.524. The van der Waals surface area contributed by atoms with Gasteiger partial charge in [-0.25, -0.2) is 0 Å². The van der Waals surface area contributed by atoms with Crippen LogP contribution >= 0.6 is 0 Å². The van der Waals surface area contributed by atoms with Gasteiger partial charge in [-0.2, -0.15) is 0 Å². The molecule has 2 fully saturated rings. The maximum absolute atomic E-state index is 12.1. The van der Waals surface area contributed by atoms with E-state index in [4.69, 9.17) is 0 Å². The molecule has 0 amide bonds. The van der Waals surface area contributed by atoms with Gasteiger partial charge in [0.2, 0.25) is 0 Å². The quantitative estimate of drug-likeness (QED) is 0.579. The third-order valence-corrected chi connectivity index (χ3v) is 4.62. The molecule has 0 radical (unpaired) electrons. The third-order valence-electron chi connectivity index (χ3n) is 4.62. The van der Waals surface area contributed by atoms with Gasteiger partial charge in [-0.05, 0) is 23.3 Å². The molecule has 0 spiro atoms. The number of rotatable bonds is 3. The van der Waals surface area contributed by atoms with Crippen molar-refractivity contribution in [1.82, 2.24) is 0 Å². The van der Waals surface area contributed by atoms with Crippen molar-refractivity contribution in [2.45, 2.75) is 59.8 Å². The maximum Gasteiger partial charge on any atom is 0.166 e. The standard InChI is InChI=1S/C21H26O4/c1-20(2)10-16(22)14(17(23)11-20)8-6-5-7-9-15-18(24)12-21(3,4)13-19(15)25/h5-6,8-9H,7,10-13H2,1-4H3. The zero-order chi connectivity index (χ0) is 18.8. The van der Waals surface area contributed by atoms with Crippen LogP contribution in [0.15, 0.2) is 35.5 Å². The highest BCUT2D eigenvalue weighted by atomic mass is 16.2. The van der Waals surface area contributed by atoms with Crippen molar-refractivity contribution < 1.29 is 19.2 Å². The average molecular weight is 342 g/mol. The van der Waals surface area contributed by atoms with E-state index in [-0.39, 0.29) is 45.1 Å². The van der Waals surface area contributed by atoms with Gasteiger partial charge in [-0.1, -0.05) is 45.9 Å². The van der Waals surface area contributed by atoms with E-state index in [2.05, 4.69) is 0 Å². The van der Waals surface area contributed by atoms with Crippen LogP contribution in [0.2, 0.25) is 0 Å². The van der Waals surface area contributed by atoms with Crippen molar-refractivity contribution >= 4 is 23.1 Å². The van der Waals surface area contributed by atoms with Gasteiger partial charge < -0.3 is 0 Å². The predicted molar refractivity (Wildman–Crippen MR) is 96.0 cm³/mol. The number of carbonyl (C=O) groups excluding carboxylic acids is 4. The Balaban J connectivity index is 2.00. The smallest absolute Gasteiger partial charge is 0.166 e. The predicted octanol–water partition coefficient (Wildman–Crippen LogP) is 3.70. The Morgan fingerprint density at radius 3 is 1.56 bits per heavy atom. The lowest BCUT2D eigenvalue weighted by Gasteiger charge is -2.28. The van der Waals surface area contributed by atoms with E-state index in [0.717, 1.165) is 0 Å². The Hall–Kier alpha value is -2.10. The first-order chi connectivity index (χ1) is 11.5. The molecule has 0 aromatic rings. The van der Waals surface area contributed by atoms with E-state index in [1.807, 2.05) is 27.7 Å². The second kappa shape index (κ2) is 7.03. The summed E-state index contributed by atoms with van der Waals surface area (Å²) in [6, 6.07) is 0. The minimum absolute atomic E-state index is 0.104. The number of hydrogen-bond donors (Lipinski definition) is 0. The Morgan fingerprint density at radius 2 is 1.12 bits per heavy atom. The number of hydrogen-bond acceptors (Lipinski definition) is 4. The van der Waals surface area contributed by atoms with Crippen LogP contribution in [0.3, 0.4) is 0 Å². The summed E-state index contributed by atoms with van der Waals surface area (Å²) in [5.74, 6) is -0.450. The molecule has 0 bridgehead atoms. The van der Waals surface area contributed by atoms with Gasteiger partial charge >= 0.3 is 0 Å². The van der Waals surface area contributed by atoms with Crippen molar-refractivity contribution in [3.05, 3.63) is 35.5 Å². The molecule has 0 unspecified atom stereocenters. The van der Waals surface area contributed by atoms with Crippen LogP contribution in [0.25, 0.3) is 0 Å². The summed E-state index contributed by atoms with van der Waals surface area (Å²) >= 11 is 0. The molecule has 2 saturated carbocycles. The van der Waals surface area contributed by atoms with Crippen molar-refractivity contribution in [2.75, 3.05) is 0 Å². The molecule has 0 aromatic heterocycles. The van der Waals surface area contributed by atoms with Gasteiger partial charge in [0.15, 0.2) is 23.1 Å². The van der Waals surface area contributed by atoms with Gasteiger partial charge in [0.05, 0.1) is 11.1 Å². The Kier molecular flexibility index (Phi) is 5.40. The first kappa shape index (κ1) is 19.2. The van der Waals surface area contributed by atoms with Crippen molar-refractivity contribution in [3.8, 4) is 0 Å². The minimum Gasteiger partial charge on any atom is -0.294 e. The summed E-state index contributed by atoms with van der Waals surface area (Å²) in [6.07, 6.45) is 8.54. The molecule has 4 heteroatoms. The van der Waals surface area contributed by atoms with E-state index < -0.39 is 0 Å². The van der Waals surface area contributed by atoms with Gasteiger partial charge in [0.1, 0.15) is 0 Å². The van der Waals surface area contributed by atoms with Gasteiger partial charge in [-0.3, -0.25) is 19.2 Å². The lowest BCUT2D eigenvalue weighted by molar-refractivity contribution is -0.129. The molecule has 0 N–H and O–H groups in total. The van der Waals surface area contributed by atoms with Crippen molar-refractivity contribution in [1.29, 1.82) is 0 Å². The lowest BCUT2D eigenvalue weighted by atomic mass is 9.74. The summed E-state index contributed by atoms with van der Waals surface area (Å²) in [5, 5.41) is 0. The largest absolute Gasteiger partial charge is 0.294 e. The molecule has 0 heterocycles. The van der Waals surface area contributed by atoms with Gasteiger partial charge in [0, 0.05) is 25.7 Å². The summed E-state index contributed by atoms with van der Waals surface area (Å²) in [5.41, 5.74) is -0.00546. The molecular formula is C21H26O4. The minimum atomic E-state index is -0.269. The third kappa shape index (κ3) is 4.94. The summed E-state index contributed by atoms with van der Waals surface area (Å²) in [6.45, 7) is 7.68. The van der Waals surface area contributed by atoms with Crippen LogP contribution in [0, 0.1) is 10.8 Å². The molecular weight excluding hydrogens is 316 g/mol. The SMILES string of the molecule is CC1(C)CC(=O)C(=CC=CCC=C2C(=O)CC(C)(C)CC2=O)C(=O)C1. The molecule has 2 aliphatic rings. The van der Waals surface area contributed by atoms with E-state index in [9.17, 15) is 19.2 Å². The van der Waals surface area contributed by atoms with Crippen LogP contribution in [0.1, 0.15) is 59.8 Å². The molecule has 0 aliphatic heterocycles. The topological polar surface area (TPSA) is 68.3 Å². The fourth-order valence-corrected chi connectivity index (χ4v) is 3.40. The number of Topliss-reactive ketones (excluding diaryl/α,β-unsaturated/α-hetero) is 4. The second-order valence-electron chi connectivity index (χ2n) is 8.59. The van der Waals surface area contributed by atoms with Gasteiger partial charge in [-0.15, -0.1) is 0 Å². The zero-order valence-corrected chi connectivity index (χ0v) is 15.5. The average Bonchev–Trinajstić information content (AvgIpc) is 2.40. The molecule has 2 rings (SSSR count).